The van der Waals surface area contributed by atoms with Crippen LogP contribution < -0.4 is 15.5 Å². The molecule has 0 bridgehead atoms. The van der Waals surface area contributed by atoms with Crippen LogP contribution >= 0.6 is 0 Å². The Balaban J connectivity index is 1.36. The lowest BCUT2D eigenvalue weighted by Crippen LogP contribution is -2.35. The maximum Gasteiger partial charge on any atom is 0.169 e. The first-order valence-electron chi connectivity index (χ1n) is 12.0. The lowest BCUT2D eigenvalue weighted by molar-refractivity contribution is 0.477. The summed E-state index contributed by atoms with van der Waals surface area (Å²) in [6.45, 7) is 4.43. The number of para-hydroxylation sites is 1. The molecule has 10 heteroatoms. The number of nitrogen functional groups attached to an aromatic ring is 1. The molecule has 0 saturated carbocycles. The fourth-order valence-corrected chi connectivity index (χ4v) is 4.44. The molecule has 0 unspecified atom stereocenters. The summed E-state index contributed by atoms with van der Waals surface area (Å²) >= 11 is 0. The zero-order valence-corrected chi connectivity index (χ0v) is 20.4. The molecule has 37 heavy (non-hydrogen) atoms. The second kappa shape index (κ2) is 10.5. The molecule has 0 radical (unpaired) electrons. The van der Waals surface area contributed by atoms with Crippen molar-refractivity contribution in [1.82, 2.24) is 24.7 Å². The van der Waals surface area contributed by atoms with E-state index in [0.717, 1.165) is 12.1 Å². The number of halogens is 1. The molecule has 1 aromatic carbocycles. The second-order valence-corrected chi connectivity index (χ2v) is 8.89. The number of phenolic OH excluding ortho intramolecular Hbond substituents is 1. The van der Waals surface area contributed by atoms with Gasteiger partial charge in [-0.2, -0.15) is 0 Å². The van der Waals surface area contributed by atoms with Crippen LogP contribution in [0.15, 0.2) is 61.3 Å². The van der Waals surface area contributed by atoms with Gasteiger partial charge in [-0.1, -0.05) is 18.1 Å². The van der Waals surface area contributed by atoms with Crippen LogP contribution in [0.1, 0.15) is 19.0 Å². The number of phenols is 1. The maximum atomic E-state index is 14.9. The molecule has 188 valence electrons. The molecule has 0 aliphatic carbocycles. The molecule has 9 nitrogen and oxygen atoms in total. The van der Waals surface area contributed by atoms with Crippen LogP contribution in [0, 0.1) is 17.7 Å². The first-order valence-corrected chi connectivity index (χ1v) is 12.0. The van der Waals surface area contributed by atoms with Gasteiger partial charge in [-0.15, -0.1) is 10.2 Å². The largest absolute Gasteiger partial charge is 0.507 e. The average molecular weight is 499 g/mol. The first kappa shape index (κ1) is 24.1. The summed E-state index contributed by atoms with van der Waals surface area (Å²) in [5, 5.41) is 18.6. The molecule has 1 aliphatic heterocycles. The number of hydrogen-bond acceptors (Lipinski definition) is 8. The van der Waals surface area contributed by atoms with Gasteiger partial charge in [0.1, 0.15) is 11.4 Å². The van der Waals surface area contributed by atoms with Crippen LogP contribution in [0.5, 0.6) is 5.75 Å². The highest BCUT2D eigenvalue weighted by Gasteiger charge is 2.25. The summed E-state index contributed by atoms with van der Waals surface area (Å²) in [5.41, 5.74) is 9.07. The lowest BCUT2D eigenvalue weighted by atomic mass is 10.1. The lowest BCUT2D eigenvalue weighted by Gasteiger charge is -2.29. The van der Waals surface area contributed by atoms with E-state index < -0.39 is 0 Å². The number of anilines is 3. The smallest absolute Gasteiger partial charge is 0.169 e. The third-order valence-corrected chi connectivity index (χ3v) is 6.46. The van der Waals surface area contributed by atoms with E-state index >= 15 is 0 Å². The molecule has 1 fully saturated rings. The van der Waals surface area contributed by atoms with Crippen molar-refractivity contribution in [2.75, 3.05) is 35.2 Å². The van der Waals surface area contributed by atoms with Gasteiger partial charge < -0.3 is 25.2 Å². The van der Waals surface area contributed by atoms with Gasteiger partial charge in [0.05, 0.1) is 36.1 Å². The quantitative estimate of drug-likeness (QED) is 0.413. The van der Waals surface area contributed by atoms with E-state index in [9.17, 15) is 9.50 Å². The fourth-order valence-electron chi connectivity index (χ4n) is 4.44. The number of nitrogens with two attached hydrogens (primary N) is 1. The Labute approximate surface area is 214 Å². The fraction of sp³-hybridized carbons (Fsp3) is 0.259. The molecule has 0 spiro atoms. The molecule has 5 rings (SSSR count). The Morgan fingerprint density at radius 3 is 2.81 bits per heavy atom. The summed E-state index contributed by atoms with van der Waals surface area (Å²) in [4.78, 5) is 12.3. The predicted molar refractivity (Wildman–Crippen MR) is 140 cm³/mol. The van der Waals surface area contributed by atoms with Gasteiger partial charge in [0.15, 0.2) is 11.6 Å². The molecule has 4 heterocycles. The van der Waals surface area contributed by atoms with Gasteiger partial charge in [0, 0.05) is 43.6 Å². The van der Waals surface area contributed by atoms with E-state index in [-0.39, 0.29) is 17.6 Å². The summed E-state index contributed by atoms with van der Waals surface area (Å²) in [5.74, 6) is 6.13. The van der Waals surface area contributed by atoms with Crippen molar-refractivity contribution in [1.29, 1.82) is 0 Å². The third-order valence-electron chi connectivity index (χ3n) is 6.46. The standard InChI is InChI=1S/C27H27FN8O/c1-19-8-11-35(25-16-23(32-33-27(25)29)21-6-2-3-7-26(21)37)13-14-36(19)24-15-20(31-17-22(24)28)5-4-10-34-12-9-30-18-34/h2-3,6-7,9,12,15-19,37H,8,10-11,13-14H2,1H3,(H2,29,33)/t19-/m1/s1. The number of benzene rings is 1. The molecule has 1 atom stereocenters. The molecule has 3 aromatic heterocycles. The number of aromatic nitrogens is 5. The van der Waals surface area contributed by atoms with Gasteiger partial charge in [-0.3, -0.25) is 0 Å². The van der Waals surface area contributed by atoms with E-state index in [2.05, 4.69) is 43.8 Å². The van der Waals surface area contributed by atoms with E-state index in [1.54, 1.807) is 36.8 Å². The van der Waals surface area contributed by atoms with E-state index in [1.807, 2.05) is 27.8 Å². The Morgan fingerprint density at radius 2 is 2.00 bits per heavy atom. The maximum absolute atomic E-state index is 14.9. The molecular weight excluding hydrogens is 471 g/mol. The minimum absolute atomic E-state index is 0.0716. The Hall–Kier alpha value is -4.65. The van der Waals surface area contributed by atoms with E-state index in [1.165, 1.54) is 6.20 Å². The highest BCUT2D eigenvalue weighted by molar-refractivity contribution is 5.74. The van der Waals surface area contributed by atoms with Crippen molar-refractivity contribution in [3.05, 3.63) is 72.8 Å². The predicted octanol–water partition coefficient (Wildman–Crippen LogP) is 3.32. The Kier molecular flexibility index (Phi) is 6.85. The number of imidazole rings is 1. The SMILES string of the molecule is C[C@@H]1CCN(c2cc(-c3ccccc3O)nnc2N)CCN1c1cc(C#CCn2ccnc2)ncc1F. The van der Waals surface area contributed by atoms with Crippen molar-refractivity contribution in [2.24, 2.45) is 0 Å². The van der Waals surface area contributed by atoms with Crippen molar-refractivity contribution in [3.8, 4) is 28.8 Å². The number of pyridine rings is 1. The number of aromatic hydroxyl groups is 1. The molecule has 0 amide bonds. The Bertz CT molecular complexity index is 1450. The highest BCUT2D eigenvalue weighted by Crippen LogP contribution is 2.33. The van der Waals surface area contributed by atoms with Crippen LogP contribution in [-0.4, -0.2) is 55.5 Å². The number of nitrogens with zero attached hydrogens (tertiary/aromatic N) is 7. The molecule has 4 aromatic rings. The highest BCUT2D eigenvalue weighted by atomic mass is 19.1. The summed E-state index contributed by atoms with van der Waals surface area (Å²) in [6.07, 6.45) is 7.23. The Morgan fingerprint density at radius 1 is 1.14 bits per heavy atom. The van der Waals surface area contributed by atoms with Gasteiger partial charge >= 0.3 is 0 Å². The third kappa shape index (κ3) is 5.30. The van der Waals surface area contributed by atoms with Crippen LogP contribution in [0.3, 0.4) is 0 Å². The van der Waals surface area contributed by atoms with Gasteiger partial charge in [0.2, 0.25) is 0 Å². The molecule has 1 aliphatic rings. The van der Waals surface area contributed by atoms with Crippen molar-refractivity contribution >= 4 is 17.2 Å². The van der Waals surface area contributed by atoms with Gasteiger partial charge in [0.25, 0.3) is 0 Å². The molecule has 3 N–H and O–H groups in total. The van der Waals surface area contributed by atoms with Crippen LogP contribution in [-0.2, 0) is 6.54 Å². The van der Waals surface area contributed by atoms with Crippen molar-refractivity contribution < 1.29 is 9.50 Å². The van der Waals surface area contributed by atoms with E-state index in [0.29, 0.717) is 54.6 Å². The zero-order chi connectivity index (χ0) is 25.8. The summed E-state index contributed by atoms with van der Waals surface area (Å²) in [6, 6.07) is 10.6. The average Bonchev–Trinajstić information content (AvgIpc) is 3.34. The van der Waals surface area contributed by atoms with Crippen molar-refractivity contribution in [3.63, 3.8) is 0 Å². The topological polar surface area (TPSA) is 109 Å². The van der Waals surface area contributed by atoms with Crippen molar-refractivity contribution in [2.45, 2.75) is 25.9 Å². The van der Waals surface area contributed by atoms with Crippen LogP contribution in [0.2, 0.25) is 0 Å². The zero-order valence-electron chi connectivity index (χ0n) is 20.4. The van der Waals surface area contributed by atoms with Crippen LogP contribution in [0.25, 0.3) is 11.3 Å². The molecule has 1 saturated heterocycles. The van der Waals surface area contributed by atoms with Gasteiger partial charge in [-0.25, -0.2) is 14.4 Å². The normalized spacial score (nSPS) is 15.7. The minimum atomic E-state index is -0.382. The van der Waals surface area contributed by atoms with Gasteiger partial charge in [-0.05, 0) is 43.5 Å². The number of hydrogen-bond donors (Lipinski definition) is 2. The summed E-state index contributed by atoms with van der Waals surface area (Å²) < 4.78 is 16.8. The van der Waals surface area contributed by atoms with E-state index in [4.69, 9.17) is 5.73 Å². The first-order chi connectivity index (χ1) is 18.0. The summed E-state index contributed by atoms with van der Waals surface area (Å²) in [7, 11) is 0. The second-order valence-electron chi connectivity index (χ2n) is 8.89. The van der Waals surface area contributed by atoms with Crippen LogP contribution in [0.4, 0.5) is 21.6 Å². The molecular formula is C27H27FN8O. The minimum Gasteiger partial charge on any atom is -0.507 e. The number of rotatable bonds is 4. The monoisotopic (exact) mass is 498 g/mol.